The minimum atomic E-state index is -0.726. The number of hydrogen-bond donors (Lipinski definition) is 2. The summed E-state index contributed by atoms with van der Waals surface area (Å²) in [5.41, 5.74) is 7.18. The zero-order valence-electron chi connectivity index (χ0n) is 10.4. The van der Waals surface area contributed by atoms with Crippen LogP contribution in [0.5, 0.6) is 0 Å². The lowest BCUT2D eigenvalue weighted by atomic mass is 9.98. The molecule has 3 rings (SSSR count). The molecule has 0 amide bonds. The van der Waals surface area contributed by atoms with Crippen LogP contribution in [0.4, 0.5) is 11.6 Å². The highest BCUT2D eigenvalue weighted by atomic mass is 16.4. The number of nitrogens with two attached hydrogens (primary N) is 1. The summed E-state index contributed by atoms with van der Waals surface area (Å²) in [6, 6.07) is 3.76. The summed E-state index contributed by atoms with van der Waals surface area (Å²) < 4.78 is 1.62. The van der Waals surface area contributed by atoms with Crippen LogP contribution in [0.15, 0.2) is 18.3 Å². The molecule has 1 aliphatic rings. The first kappa shape index (κ1) is 11.8. The van der Waals surface area contributed by atoms with Crippen molar-refractivity contribution in [3.63, 3.8) is 0 Å². The lowest BCUT2D eigenvalue weighted by Gasteiger charge is -2.32. The van der Waals surface area contributed by atoms with E-state index in [4.69, 9.17) is 10.8 Å². The van der Waals surface area contributed by atoms with Crippen molar-refractivity contribution in [3.05, 3.63) is 18.3 Å². The second-order valence-corrected chi connectivity index (χ2v) is 4.78. The molecule has 2 aromatic rings. The molecule has 0 aromatic carbocycles. The monoisotopic (exact) mass is 261 g/mol. The van der Waals surface area contributed by atoms with Crippen molar-refractivity contribution >= 4 is 23.3 Å². The van der Waals surface area contributed by atoms with Gasteiger partial charge in [-0.3, -0.25) is 4.79 Å². The summed E-state index contributed by atoms with van der Waals surface area (Å²) >= 11 is 0. The van der Waals surface area contributed by atoms with E-state index in [2.05, 4.69) is 15.0 Å². The number of carbonyl (C=O) groups is 1. The second kappa shape index (κ2) is 4.42. The van der Waals surface area contributed by atoms with Gasteiger partial charge in [0.25, 0.3) is 0 Å². The van der Waals surface area contributed by atoms with Crippen LogP contribution in [0.2, 0.25) is 0 Å². The number of aliphatic carboxylic acids is 1. The molecule has 0 aliphatic carbocycles. The van der Waals surface area contributed by atoms with Gasteiger partial charge < -0.3 is 15.7 Å². The Morgan fingerprint density at radius 3 is 3.11 bits per heavy atom. The maximum absolute atomic E-state index is 11.1. The Balaban J connectivity index is 1.88. The summed E-state index contributed by atoms with van der Waals surface area (Å²) in [6.07, 6.45) is 3.46. The van der Waals surface area contributed by atoms with E-state index < -0.39 is 5.97 Å². The highest BCUT2D eigenvalue weighted by Crippen LogP contribution is 2.23. The fraction of sp³-hybridized carbons (Fsp3) is 0.417. The van der Waals surface area contributed by atoms with E-state index in [1.54, 1.807) is 4.52 Å². The number of aromatic nitrogens is 3. The van der Waals surface area contributed by atoms with Crippen molar-refractivity contribution in [3.8, 4) is 0 Å². The van der Waals surface area contributed by atoms with Gasteiger partial charge in [0.2, 0.25) is 5.95 Å². The van der Waals surface area contributed by atoms with Crippen molar-refractivity contribution in [1.29, 1.82) is 0 Å². The maximum atomic E-state index is 11.1. The van der Waals surface area contributed by atoms with Gasteiger partial charge in [-0.2, -0.15) is 4.98 Å². The number of carboxylic acid groups (broad SMARTS) is 1. The summed E-state index contributed by atoms with van der Waals surface area (Å²) in [4.78, 5) is 17.2. The average Bonchev–Trinajstić information content (AvgIpc) is 2.77. The number of hydrogen-bond acceptors (Lipinski definition) is 5. The SMILES string of the molecule is Nc1nc2ccc(N3CCCC(C(=O)O)C3)cn2n1. The molecule has 0 spiro atoms. The number of anilines is 2. The van der Waals surface area contributed by atoms with Gasteiger partial charge in [-0.15, -0.1) is 5.10 Å². The summed E-state index contributed by atoms with van der Waals surface area (Å²) in [7, 11) is 0. The lowest BCUT2D eigenvalue weighted by molar-refractivity contribution is -0.141. The van der Waals surface area contributed by atoms with E-state index in [0.29, 0.717) is 12.2 Å². The van der Waals surface area contributed by atoms with E-state index >= 15 is 0 Å². The van der Waals surface area contributed by atoms with Crippen molar-refractivity contribution in [2.24, 2.45) is 5.92 Å². The highest BCUT2D eigenvalue weighted by molar-refractivity contribution is 5.71. The quantitative estimate of drug-likeness (QED) is 0.822. The molecule has 2 aromatic heterocycles. The van der Waals surface area contributed by atoms with E-state index in [9.17, 15) is 4.79 Å². The first-order chi connectivity index (χ1) is 9.13. The minimum absolute atomic E-state index is 0.235. The molecule has 7 nitrogen and oxygen atoms in total. The molecule has 0 bridgehead atoms. The minimum Gasteiger partial charge on any atom is -0.481 e. The number of fused-ring (bicyclic) bond motifs is 1. The number of carboxylic acids is 1. The second-order valence-electron chi connectivity index (χ2n) is 4.78. The molecule has 3 heterocycles. The largest absolute Gasteiger partial charge is 0.481 e. The molecule has 1 fully saturated rings. The molecule has 100 valence electrons. The van der Waals surface area contributed by atoms with Gasteiger partial charge in [-0.05, 0) is 25.0 Å². The third-order valence-electron chi connectivity index (χ3n) is 3.47. The first-order valence-corrected chi connectivity index (χ1v) is 6.23. The van der Waals surface area contributed by atoms with Crippen LogP contribution in [0.25, 0.3) is 5.65 Å². The summed E-state index contributed by atoms with van der Waals surface area (Å²) in [6.45, 7) is 1.39. The Morgan fingerprint density at radius 2 is 2.32 bits per heavy atom. The number of pyridine rings is 1. The zero-order chi connectivity index (χ0) is 13.4. The normalized spacial score (nSPS) is 19.8. The lowest BCUT2D eigenvalue weighted by Crippen LogP contribution is -2.38. The maximum Gasteiger partial charge on any atom is 0.308 e. The zero-order valence-corrected chi connectivity index (χ0v) is 10.4. The van der Waals surface area contributed by atoms with Gasteiger partial charge in [0.05, 0.1) is 17.8 Å². The predicted molar refractivity (Wildman–Crippen MR) is 70.0 cm³/mol. The molecule has 1 aliphatic heterocycles. The third kappa shape index (κ3) is 2.18. The van der Waals surface area contributed by atoms with Crippen molar-refractivity contribution in [2.75, 3.05) is 23.7 Å². The molecular formula is C12H15N5O2. The molecule has 0 saturated carbocycles. The highest BCUT2D eigenvalue weighted by Gasteiger charge is 2.25. The van der Waals surface area contributed by atoms with Crippen molar-refractivity contribution in [2.45, 2.75) is 12.8 Å². The average molecular weight is 261 g/mol. The van der Waals surface area contributed by atoms with Crippen LogP contribution < -0.4 is 10.6 Å². The van der Waals surface area contributed by atoms with Crippen LogP contribution in [-0.2, 0) is 4.79 Å². The fourth-order valence-electron chi connectivity index (χ4n) is 2.49. The number of nitrogens with zero attached hydrogens (tertiary/aromatic N) is 4. The van der Waals surface area contributed by atoms with Crippen LogP contribution in [0, 0.1) is 5.92 Å². The van der Waals surface area contributed by atoms with Crippen LogP contribution in [0.1, 0.15) is 12.8 Å². The summed E-state index contributed by atoms with van der Waals surface area (Å²) in [5.74, 6) is -0.791. The van der Waals surface area contributed by atoms with Crippen molar-refractivity contribution < 1.29 is 9.90 Å². The summed E-state index contributed by atoms with van der Waals surface area (Å²) in [5, 5.41) is 13.2. The van der Waals surface area contributed by atoms with Crippen LogP contribution >= 0.6 is 0 Å². The van der Waals surface area contributed by atoms with Gasteiger partial charge >= 0.3 is 5.97 Å². The fourth-order valence-corrected chi connectivity index (χ4v) is 2.49. The van der Waals surface area contributed by atoms with Gasteiger partial charge in [0, 0.05) is 13.1 Å². The Kier molecular flexibility index (Phi) is 2.73. The van der Waals surface area contributed by atoms with E-state index in [1.165, 1.54) is 0 Å². The number of piperidine rings is 1. The number of rotatable bonds is 2. The van der Waals surface area contributed by atoms with Gasteiger partial charge in [0.15, 0.2) is 5.65 Å². The molecule has 7 heteroatoms. The third-order valence-corrected chi connectivity index (χ3v) is 3.47. The molecule has 1 atom stereocenters. The van der Waals surface area contributed by atoms with Crippen LogP contribution in [-0.4, -0.2) is 38.8 Å². The van der Waals surface area contributed by atoms with Gasteiger partial charge in [-0.25, -0.2) is 4.52 Å². The predicted octanol–water partition coefficient (Wildman–Crippen LogP) is 0.613. The Hall–Kier alpha value is -2.31. The topological polar surface area (TPSA) is 96.8 Å². The van der Waals surface area contributed by atoms with Crippen LogP contribution in [0.3, 0.4) is 0 Å². The Bertz CT molecular complexity index is 624. The molecule has 0 radical (unpaired) electrons. The van der Waals surface area contributed by atoms with Crippen molar-refractivity contribution in [1.82, 2.24) is 14.6 Å². The van der Waals surface area contributed by atoms with E-state index in [-0.39, 0.29) is 11.9 Å². The molecule has 1 unspecified atom stereocenters. The van der Waals surface area contributed by atoms with E-state index in [0.717, 1.165) is 25.1 Å². The van der Waals surface area contributed by atoms with Gasteiger partial charge in [0.1, 0.15) is 0 Å². The van der Waals surface area contributed by atoms with Gasteiger partial charge in [-0.1, -0.05) is 0 Å². The standard InChI is InChI=1S/C12H15N5O2/c13-12-14-10-4-3-9(7-17(10)15-12)16-5-1-2-8(6-16)11(18)19/h3-4,7-8H,1-2,5-6H2,(H2,13,15)(H,18,19). The molecular weight excluding hydrogens is 246 g/mol. The Morgan fingerprint density at radius 1 is 1.47 bits per heavy atom. The number of nitrogen functional groups attached to an aromatic ring is 1. The smallest absolute Gasteiger partial charge is 0.308 e. The molecule has 1 saturated heterocycles. The molecule has 19 heavy (non-hydrogen) atoms. The first-order valence-electron chi connectivity index (χ1n) is 6.23. The molecule has 3 N–H and O–H groups in total. The Labute approximate surface area is 109 Å². The van der Waals surface area contributed by atoms with E-state index in [1.807, 2.05) is 18.3 Å².